The number of carbonyl (C=O) groups is 1. The first-order chi connectivity index (χ1) is 14.4. The molecule has 2 atom stereocenters. The zero-order valence-corrected chi connectivity index (χ0v) is 18.3. The van der Waals surface area contributed by atoms with E-state index in [1.165, 1.54) is 11.8 Å². The molecule has 2 aromatic carbocycles. The summed E-state index contributed by atoms with van der Waals surface area (Å²) in [5.74, 6) is 1.03. The number of benzene rings is 2. The van der Waals surface area contributed by atoms with Gasteiger partial charge in [0, 0.05) is 10.9 Å². The van der Waals surface area contributed by atoms with E-state index in [4.69, 9.17) is 9.47 Å². The average molecular weight is 447 g/mol. The molecule has 2 aliphatic rings. The molecule has 9 heteroatoms. The van der Waals surface area contributed by atoms with Gasteiger partial charge < -0.3 is 14.4 Å². The van der Waals surface area contributed by atoms with Crippen LogP contribution in [0.25, 0.3) is 0 Å². The van der Waals surface area contributed by atoms with Gasteiger partial charge in [-0.05, 0) is 29.8 Å². The number of carbonyl (C=O) groups excluding carboxylic acids is 1. The molecule has 0 N–H and O–H groups in total. The largest absolute Gasteiger partial charge is 0.493 e. The summed E-state index contributed by atoms with van der Waals surface area (Å²) in [5.41, 5.74) is 1.60. The molecule has 0 bridgehead atoms. The van der Waals surface area contributed by atoms with E-state index in [0.29, 0.717) is 16.7 Å². The number of aliphatic imine (C=N–C) groups is 1. The Bertz CT molecular complexity index is 1090. The molecule has 0 aromatic heterocycles. The summed E-state index contributed by atoms with van der Waals surface area (Å²) in [7, 11) is 0.0124. The molecule has 158 valence electrons. The number of thioether (sulfide) groups is 1. The quantitative estimate of drug-likeness (QED) is 0.698. The van der Waals surface area contributed by atoms with Crippen molar-refractivity contribution >= 4 is 38.4 Å². The number of hydrogen-bond acceptors (Lipinski definition) is 6. The molecule has 4 rings (SSSR count). The van der Waals surface area contributed by atoms with Crippen molar-refractivity contribution in [3.63, 3.8) is 0 Å². The van der Waals surface area contributed by atoms with Gasteiger partial charge in [-0.1, -0.05) is 36.0 Å². The Balaban J connectivity index is 1.59. The molecule has 0 unspecified atom stereocenters. The lowest BCUT2D eigenvalue weighted by molar-refractivity contribution is -0.117. The highest BCUT2D eigenvalue weighted by Crippen LogP contribution is 2.41. The van der Waals surface area contributed by atoms with Gasteiger partial charge in [0.1, 0.15) is 0 Å². The molecule has 0 radical (unpaired) electrons. The van der Waals surface area contributed by atoms with E-state index in [1.54, 1.807) is 32.4 Å². The van der Waals surface area contributed by atoms with Crippen LogP contribution in [0.1, 0.15) is 5.56 Å². The van der Waals surface area contributed by atoms with E-state index in [1.807, 2.05) is 35.2 Å². The third kappa shape index (κ3) is 4.17. The first kappa shape index (κ1) is 20.7. The van der Waals surface area contributed by atoms with Gasteiger partial charge in [-0.2, -0.15) is 4.99 Å². The zero-order valence-electron chi connectivity index (χ0n) is 16.6. The average Bonchev–Trinajstić information content (AvgIpc) is 3.18. The summed E-state index contributed by atoms with van der Waals surface area (Å²) in [4.78, 5) is 19.0. The number of anilines is 1. The maximum Gasteiger partial charge on any atom is 0.252 e. The number of hydrogen-bond donors (Lipinski definition) is 0. The third-order valence-corrected chi connectivity index (χ3v) is 8.33. The molecular formula is C21H22N2O5S2. The van der Waals surface area contributed by atoms with Crippen molar-refractivity contribution in [3.05, 3.63) is 54.1 Å². The summed E-state index contributed by atoms with van der Waals surface area (Å²) in [6.45, 7) is 0. The molecule has 0 spiro atoms. The first-order valence-electron chi connectivity index (χ1n) is 9.44. The lowest BCUT2D eigenvalue weighted by Crippen LogP contribution is -2.37. The Hall–Kier alpha value is -2.52. The van der Waals surface area contributed by atoms with E-state index in [0.717, 1.165) is 11.3 Å². The molecule has 2 aliphatic heterocycles. The standard InChI is InChI=1S/C21H22N2O5S2/c1-27-17-9-8-14(10-18(17)28-2)11-20(24)22-21-23(15-6-4-3-5-7-15)16-12-30(25,26)13-19(16)29-21/h3-10,16,19H,11-13H2,1-2H3/t16-,19+/m1/s1. The molecule has 0 saturated carbocycles. The van der Waals surface area contributed by atoms with E-state index in [2.05, 4.69) is 4.99 Å². The van der Waals surface area contributed by atoms with Crippen molar-refractivity contribution in [1.29, 1.82) is 0 Å². The van der Waals surface area contributed by atoms with Crippen LogP contribution in [0.15, 0.2) is 53.5 Å². The van der Waals surface area contributed by atoms with E-state index in [-0.39, 0.29) is 35.1 Å². The highest BCUT2D eigenvalue weighted by Gasteiger charge is 2.49. The second-order valence-electron chi connectivity index (χ2n) is 7.16. The Labute approximate surface area is 180 Å². The number of para-hydroxylation sites is 1. The van der Waals surface area contributed by atoms with E-state index >= 15 is 0 Å². The van der Waals surface area contributed by atoms with Gasteiger partial charge in [0.2, 0.25) is 0 Å². The summed E-state index contributed by atoms with van der Waals surface area (Å²) < 4.78 is 34.8. The first-order valence-corrected chi connectivity index (χ1v) is 12.1. The van der Waals surface area contributed by atoms with Crippen LogP contribution in [0, 0.1) is 0 Å². The highest BCUT2D eigenvalue weighted by atomic mass is 32.2. The fraction of sp³-hybridized carbons (Fsp3) is 0.333. The van der Waals surface area contributed by atoms with Gasteiger partial charge in [-0.3, -0.25) is 4.79 Å². The fourth-order valence-electron chi connectivity index (χ4n) is 3.77. The SMILES string of the molecule is COc1ccc(CC(=O)N=C2S[C@H]3CS(=O)(=O)C[C@H]3N2c2ccccc2)cc1OC. The lowest BCUT2D eigenvalue weighted by atomic mass is 10.1. The van der Waals surface area contributed by atoms with Gasteiger partial charge in [-0.15, -0.1) is 0 Å². The number of amides is 1. The molecule has 1 amide bonds. The van der Waals surface area contributed by atoms with Gasteiger partial charge >= 0.3 is 0 Å². The second kappa shape index (κ2) is 8.31. The second-order valence-corrected chi connectivity index (χ2v) is 10.5. The minimum atomic E-state index is -3.09. The van der Waals surface area contributed by atoms with Crippen LogP contribution in [0.3, 0.4) is 0 Å². The Morgan fingerprint density at radius 1 is 1.10 bits per heavy atom. The van der Waals surface area contributed by atoms with Crippen LogP contribution >= 0.6 is 11.8 Å². The number of ether oxygens (including phenoxy) is 2. The minimum Gasteiger partial charge on any atom is -0.493 e. The Morgan fingerprint density at radius 2 is 1.83 bits per heavy atom. The van der Waals surface area contributed by atoms with Crippen LogP contribution in [-0.2, 0) is 21.1 Å². The van der Waals surface area contributed by atoms with Crippen molar-refractivity contribution in [2.24, 2.45) is 4.99 Å². The molecule has 2 heterocycles. The number of methoxy groups -OCH3 is 2. The minimum absolute atomic E-state index is 0.0719. The number of sulfone groups is 1. The topological polar surface area (TPSA) is 85.3 Å². The van der Waals surface area contributed by atoms with Crippen molar-refractivity contribution < 1.29 is 22.7 Å². The van der Waals surface area contributed by atoms with Crippen LogP contribution in [0.5, 0.6) is 11.5 Å². The molecule has 2 fully saturated rings. The zero-order chi connectivity index (χ0) is 21.3. The van der Waals surface area contributed by atoms with Crippen molar-refractivity contribution in [1.82, 2.24) is 0 Å². The van der Waals surface area contributed by atoms with E-state index in [9.17, 15) is 13.2 Å². The fourth-order valence-corrected chi connectivity index (χ4v) is 7.70. The van der Waals surface area contributed by atoms with Gasteiger partial charge in [-0.25, -0.2) is 8.42 Å². The lowest BCUT2D eigenvalue weighted by Gasteiger charge is -2.24. The smallest absolute Gasteiger partial charge is 0.252 e. The highest BCUT2D eigenvalue weighted by molar-refractivity contribution is 8.16. The summed E-state index contributed by atoms with van der Waals surface area (Å²) in [6, 6.07) is 14.6. The summed E-state index contributed by atoms with van der Waals surface area (Å²) in [5, 5.41) is 0.430. The van der Waals surface area contributed by atoms with Crippen LogP contribution in [0.2, 0.25) is 0 Å². The summed E-state index contributed by atoms with van der Waals surface area (Å²) in [6.07, 6.45) is 0.112. The number of fused-ring (bicyclic) bond motifs is 1. The van der Waals surface area contributed by atoms with Crippen molar-refractivity contribution in [2.45, 2.75) is 17.7 Å². The predicted molar refractivity (Wildman–Crippen MR) is 118 cm³/mol. The molecule has 0 aliphatic carbocycles. The van der Waals surface area contributed by atoms with Crippen molar-refractivity contribution in [2.75, 3.05) is 30.6 Å². The maximum atomic E-state index is 12.7. The van der Waals surface area contributed by atoms with Crippen molar-refractivity contribution in [3.8, 4) is 11.5 Å². The van der Waals surface area contributed by atoms with Crippen LogP contribution in [-0.4, -0.2) is 56.5 Å². The molecule has 2 aromatic rings. The Kier molecular flexibility index (Phi) is 5.75. The van der Waals surface area contributed by atoms with Crippen LogP contribution in [0.4, 0.5) is 5.69 Å². The summed E-state index contributed by atoms with van der Waals surface area (Å²) >= 11 is 1.37. The van der Waals surface area contributed by atoms with Gasteiger partial charge in [0.05, 0.1) is 38.2 Å². The monoisotopic (exact) mass is 446 g/mol. The van der Waals surface area contributed by atoms with Gasteiger partial charge in [0.15, 0.2) is 26.5 Å². The van der Waals surface area contributed by atoms with E-state index < -0.39 is 9.84 Å². The third-order valence-electron chi connectivity index (χ3n) is 5.12. The maximum absolute atomic E-state index is 12.7. The predicted octanol–water partition coefficient (Wildman–Crippen LogP) is 2.55. The number of nitrogens with zero attached hydrogens (tertiary/aromatic N) is 2. The molecule has 2 saturated heterocycles. The Morgan fingerprint density at radius 3 is 2.53 bits per heavy atom. The van der Waals surface area contributed by atoms with Crippen LogP contribution < -0.4 is 14.4 Å². The number of amidine groups is 1. The molecule has 7 nitrogen and oxygen atoms in total. The molecular weight excluding hydrogens is 424 g/mol. The number of rotatable bonds is 5. The van der Waals surface area contributed by atoms with Gasteiger partial charge in [0.25, 0.3) is 5.91 Å². The molecule has 30 heavy (non-hydrogen) atoms. The normalized spacial score (nSPS) is 23.4.